The number of hydrogen-bond donors (Lipinski definition) is 0. The van der Waals surface area contributed by atoms with Crippen LogP contribution in [0.1, 0.15) is 104 Å². The largest absolute Gasteiger partial charge is 0.0956 e. The van der Waals surface area contributed by atoms with Crippen LogP contribution in [0, 0.1) is 23.2 Å². The van der Waals surface area contributed by atoms with Crippen LogP contribution in [-0.4, -0.2) is 0 Å². The van der Waals surface area contributed by atoms with Gasteiger partial charge in [-0.15, -0.1) is 0 Å². The maximum Gasteiger partial charge on any atom is -0.0143 e. The van der Waals surface area contributed by atoms with E-state index in [1.807, 2.05) is 0 Å². The number of rotatable bonds is 6. The van der Waals surface area contributed by atoms with Crippen molar-refractivity contribution in [2.75, 3.05) is 0 Å². The monoisotopic (exact) mass is 354 g/mol. The molecule has 0 saturated heterocycles. The minimum Gasteiger partial charge on any atom is -0.0956 e. The second-order valence-electron chi connectivity index (χ2n) is 10.1. The van der Waals surface area contributed by atoms with Gasteiger partial charge in [0.1, 0.15) is 0 Å². The smallest absolute Gasteiger partial charge is 0.0143 e. The lowest BCUT2D eigenvalue weighted by Crippen LogP contribution is -2.33. The van der Waals surface area contributed by atoms with Crippen molar-refractivity contribution in [2.24, 2.45) is 23.2 Å². The van der Waals surface area contributed by atoms with Gasteiger partial charge in [0, 0.05) is 0 Å². The molecule has 0 radical (unpaired) electrons. The van der Waals surface area contributed by atoms with E-state index in [1.54, 1.807) is 11.1 Å². The van der Waals surface area contributed by atoms with Crippen LogP contribution >= 0.6 is 0 Å². The molecule has 0 spiro atoms. The Morgan fingerprint density at radius 3 is 2.62 bits per heavy atom. The van der Waals surface area contributed by atoms with E-state index in [9.17, 15) is 0 Å². The van der Waals surface area contributed by atoms with Crippen molar-refractivity contribution < 1.29 is 0 Å². The van der Waals surface area contributed by atoms with Gasteiger partial charge in [-0.1, -0.05) is 69.9 Å². The maximum absolute atomic E-state index is 4.31. The number of hydrogen-bond acceptors (Lipinski definition) is 0. The van der Waals surface area contributed by atoms with Crippen molar-refractivity contribution in [1.82, 2.24) is 0 Å². The zero-order valence-electron chi connectivity index (χ0n) is 17.8. The van der Waals surface area contributed by atoms with Crippen molar-refractivity contribution in [2.45, 2.75) is 104 Å². The maximum atomic E-state index is 4.31. The van der Waals surface area contributed by atoms with Gasteiger partial charge in [0.05, 0.1) is 0 Å². The van der Waals surface area contributed by atoms with E-state index in [2.05, 4.69) is 39.5 Å². The molecule has 0 nitrogen and oxygen atoms in total. The molecule has 3 saturated carbocycles. The summed E-state index contributed by atoms with van der Waals surface area (Å²) in [6, 6.07) is 0. The van der Waals surface area contributed by atoms with E-state index in [0.29, 0.717) is 5.41 Å². The normalized spacial score (nSPS) is 35.5. The zero-order chi connectivity index (χ0) is 18.6. The molecule has 3 atom stereocenters. The predicted octanol–water partition coefficient (Wildman–Crippen LogP) is 8.40. The molecule has 3 rings (SSSR count). The highest BCUT2D eigenvalue weighted by Crippen LogP contribution is 2.58. The summed E-state index contributed by atoms with van der Waals surface area (Å²) in [5.74, 6) is 2.70. The Morgan fingerprint density at radius 1 is 1.04 bits per heavy atom. The molecular formula is C26H42. The van der Waals surface area contributed by atoms with Gasteiger partial charge in [0.15, 0.2) is 0 Å². The third kappa shape index (κ3) is 4.55. The molecule has 0 aromatic heterocycles. The first-order valence-corrected chi connectivity index (χ1v) is 11.6. The number of fused-ring (bicyclic) bond motifs is 1. The van der Waals surface area contributed by atoms with Crippen molar-refractivity contribution in [1.29, 1.82) is 0 Å². The van der Waals surface area contributed by atoms with Gasteiger partial charge in [0.25, 0.3) is 0 Å². The lowest BCUT2D eigenvalue weighted by molar-refractivity contribution is 0.127. The molecule has 3 fully saturated rings. The molecule has 0 heteroatoms. The molecule has 26 heavy (non-hydrogen) atoms. The number of allylic oxidation sites excluding steroid dienone is 5. The molecule has 0 aromatic carbocycles. The highest BCUT2D eigenvalue weighted by molar-refractivity contribution is 5.35. The van der Waals surface area contributed by atoms with E-state index in [1.165, 1.54) is 89.0 Å². The summed E-state index contributed by atoms with van der Waals surface area (Å²) in [5.41, 5.74) is 5.30. The average molecular weight is 355 g/mol. The SMILES string of the molecule is C=C1CCCC/C1=C/C=C1\CCC[C@]2(C)C(CCCCC(C)C)CCC12. The molecule has 2 unspecified atom stereocenters. The van der Waals surface area contributed by atoms with Crippen molar-refractivity contribution >= 4 is 0 Å². The van der Waals surface area contributed by atoms with Crippen LogP contribution in [0.4, 0.5) is 0 Å². The molecule has 3 aliphatic carbocycles. The van der Waals surface area contributed by atoms with Gasteiger partial charge >= 0.3 is 0 Å². The van der Waals surface area contributed by atoms with Crippen LogP contribution in [0.2, 0.25) is 0 Å². The van der Waals surface area contributed by atoms with Crippen molar-refractivity contribution in [3.63, 3.8) is 0 Å². The van der Waals surface area contributed by atoms with E-state index in [4.69, 9.17) is 0 Å². The second kappa shape index (κ2) is 8.94. The minimum atomic E-state index is 0.587. The third-order valence-corrected chi connectivity index (χ3v) is 7.87. The van der Waals surface area contributed by atoms with E-state index >= 15 is 0 Å². The summed E-state index contributed by atoms with van der Waals surface area (Å²) < 4.78 is 0. The van der Waals surface area contributed by atoms with E-state index in [-0.39, 0.29) is 0 Å². The highest BCUT2D eigenvalue weighted by Gasteiger charge is 2.48. The Labute approximate surface area is 163 Å². The Hall–Kier alpha value is -0.780. The van der Waals surface area contributed by atoms with E-state index < -0.39 is 0 Å². The predicted molar refractivity (Wildman–Crippen MR) is 115 cm³/mol. The fraction of sp³-hybridized carbons (Fsp3) is 0.769. The first kappa shape index (κ1) is 20.0. The van der Waals surface area contributed by atoms with Crippen LogP contribution in [0.5, 0.6) is 0 Å². The molecule has 0 N–H and O–H groups in total. The topological polar surface area (TPSA) is 0 Å². The van der Waals surface area contributed by atoms with Crippen molar-refractivity contribution in [3.05, 3.63) is 35.5 Å². The first-order chi connectivity index (χ1) is 12.5. The van der Waals surface area contributed by atoms with Gasteiger partial charge in [0.2, 0.25) is 0 Å². The van der Waals surface area contributed by atoms with Gasteiger partial charge in [-0.25, -0.2) is 0 Å². The molecule has 0 bridgehead atoms. The summed E-state index contributed by atoms with van der Waals surface area (Å²) in [6.45, 7) is 11.7. The molecule has 3 aliphatic rings. The lowest BCUT2D eigenvalue weighted by atomic mass is 9.62. The molecule has 0 heterocycles. The fourth-order valence-electron chi connectivity index (χ4n) is 6.16. The summed E-state index contributed by atoms with van der Waals surface area (Å²) in [7, 11) is 0. The zero-order valence-corrected chi connectivity index (χ0v) is 17.8. The Bertz CT molecular complexity index is 546. The van der Waals surface area contributed by atoms with Crippen LogP contribution in [0.25, 0.3) is 0 Å². The van der Waals surface area contributed by atoms with Gasteiger partial charge < -0.3 is 0 Å². The Morgan fingerprint density at radius 2 is 1.85 bits per heavy atom. The standard InChI is InChI=1S/C26H42/c1-20(2)10-5-8-14-24-17-18-25-23(13-9-19-26(24,25)4)16-15-22-12-7-6-11-21(22)3/h15-16,20,24-25H,3,5-14,17-19H2,1-2,4H3/b22-15-,23-16+/t24?,25?,26-/m1/s1. The quantitative estimate of drug-likeness (QED) is 0.420. The van der Waals surface area contributed by atoms with Crippen LogP contribution in [0.15, 0.2) is 35.5 Å². The third-order valence-electron chi connectivity index (χ3n) is 7.87. The summed E-state index contributed by atoms with van der Waals surface area (Å²) in [5, 5.41) is 0. The Balaban J connectivity index is 1.64. The lowest BCUT2D eigenvalue weighted by Gasteiger charge is -2.42. The van der Waals surface area contributed by atoms with Gasteiger partial charge in [-0.05, 0) is 93.0 Å². The first-order valence-electron chi connectivity index (χ1n) is 11.6. The second-order valence-corrected chi connectivity index (χ2v) is 10.1. The number of unbranched alkanes of at least 4 members (excludes halogenated alkanes) is 1. The van der Waals surface area contributed by atoms with Crippen LogP contribution in [-0.2, 0) is 0 Å². The summed E-state index contributed by atoms with van der Waals surface area (Å²) in [4.78, 5) is 0. The van der Waals surface area contributed by atoms with E-state index in [0.717, 1.165) is 17.8 Å². The summed E-state index contributed by atoms with van der Waals surface area (Å²) >= 11 is 0. The molecule has 0 aliphatic heterocycles. The van der Waals surface area contributed by atoms with Crippen molar-refractivity contribution in [3.8, 4) is 0 Å². The van der Waals surface area contributed by atoms with Crippen LogP contribution in [0.3, 0.4) is 0 Å². The Kier molecular flexibility index (Phi) is 6.87. The minimum absolute atomic E-state index is 0.587. The fourth-order valence-corrected chi connectivity index (χ4v) is 6.16. The highest BCUT2D eigenvalue weighted by atomic mass is 14.5. The van der Waals surface area contributed by atoms with Gasteiger partial charge in [-0.3, -0.25) is 0 Å². The molecular weight excluding hydrogens is 312 g/mol. The van der Waals surface area contributed by atoms with Gasteiger partial charge in [-0.2, -0.15) is 0 Å². The molecule has 0 aromatic rings. The molecule has 0 amide bonds. The average Bonchev–Trinajstić information content (AvgIpc) is 2.95. The summed E-state index contributed by atoms with van der Waals surface area (Å²) in [6.07, 6.45) is 23.1. The van der Waals surface area contributed by atoms with Crippen LogP contribution < -0.4 is 0 Å². The molecule has 146 valence electrons.